The van der Waals surface area contributed by atoms with Gasteiger partial charge in [0.2, 0.25) is 0 Å². The Morgan fingerprint density at radius 3 is 2.61 bits per heavy atom. The predicted octanol–water partition coefficient (Wildman–Crippen LogP) is 3.11. The predicted molar refractivity (Wildman–Crippen MR) is 88.4 cm³/mol. The number of anilines is 1. The summed E-state index contributed by atoms with van der Waals surface area (Å²) in [5.41, 5.74) is 2.38. The summed E-state index contributed by atoms with van der Waals surface area (Å²) in [6, 6.07) is 14.3. The number of hydrogen-bond acceptors (Lipinski definition) is 3. The van der Waals surface area contributed by atoms with Crippen LogP contribution in [0, 0.1) is 6.92 Å². The first-order chi connectivity index (χ1) is 11.0. The molecule has 23 heavy (non-hydrogen) atoms. The van der Waals surface area contributed by atoms with E-state index in [1.807, 2.05) is 19.1 Å². The second-order valence-corrected chi connectivity index (χ2v) is 4.95. The molecule has 0 atom stereocenters. The Morgan fingerprint density at radius 2 is 1.91 bits per heavy atom. The fourth-order valence-corrected chi connectivity index (χ4v) is 1.87. The zero-order valence-electron chi connectivity index (χ0n) is 12.7. The number of benzene rings is 2. The third-order valence-electron chi connectivity index (χ3n) is 2.98. The molecular formula is C18H17NO4. The van der Waals surface area contributed by atoms with Gasteiger partial charge in [0, 0.05) is 11.8 Å². The highest BCUT2D eigenvalue weighted by Crippen LogP contribution is 2.13. The molecule has 0 aromatic heterocycles. The summed E-state index contributed by atoms with van der Waals surface area (Å²) < 4.78 is 5.40. The van der Waals surface area contributed by atoms with Crippen LogP contribution in [0.5, 0.6) is 5.75 Å². The minimum absolute atomic E-state index is 0.0990. The van der Waals surface area contributed by atoms with Crippen molar-refractivity contribution in [1.29, 1.82) is 0 Å². The molecule has 0 aliphatic rings. The van der Waals surface area contributed by atoms with Gasteiger partial charge in [-0.2, -0.15) is 0 Å². The van der Waals surface area contributed by atoms with Crippen molar-refractivity contribution in [2.75, 3.05) is 11.9 Å². The van der Waals surface area contributed by atoms with Crippen molar-refractivity contribution in [2.24, 2.45) is 0 Å². The van der Waals surface area contributed by atoms with Crippen molar-refractivity contribution < 1.29 is 19.4 Å². The second kappa shape index (κ2) is 7.79. The van der Waals surface area contributed by atoms with Gasteiger partial charge < -0.3 is 15.2 Å². The Bertz CT molecular complexity index is 720. The van der Waals surface area contributed by atoms with E-state index in [9.17, 15) is 9.59 Å². The van der Waals surface area contributed by atoms with Gasteiger partial charge in [-0.3, -0.25) is 4.79 Å². The van der Waals surface area contributed by atoms with Crippen molar-refractivity contribution in [3.8, 4) is 5.75 Å². The molecule has 2 aromatic carbocycles. The lowest BCUT2D eigenvalue weighted by molar-refractivity contribution is -0.131. The number of carboxylic acids is 1. The number of ether oxygens (including phenoxy) is 1. The molecule has 0 radical (unpaired) electrons. The van der Waals surface area contributed by atoms with Gasteiger partial charge in [-0.05, 0) is 42.8 Å². The van der Waals surface area contributed by atoms with E-state index >= 15 is 0 Å². The van der Waals surface area contributed by atoms with E-state index in [1.54, 1.807) is 36.4 Å². The number of nitrogens with one attached hydrogen (secondary N) is 1. The fraction of sp³-hybridized carbons (Fsp3) is 0.111. The minimum Gasteiger partial charge on any atom is -0.484 e. The van der Waals surface area contributed by atoms with E-state index in [1.165, 1.54) is 6.08 Å². The Balaban J connectivity index is 1.91. The molecule has 0 bridgehead atoms. The van der Waals surface area contributed by atoms with Gasteiger partial charge in [0.05, 0.1) is 0 Å². The molecule has 5 heteroatoms. The lowest BCUT2D eigenvalue weighted by Crippen LogP contribution is -2.20. The summed E-state index contributed by atoms with van der Waals surface area (Å²) in [4.78, 5) is 22.4. The monoisotopic (exact) mass is 311 g/mol. The Kier molecular flexibility index (Phi) is 5.52. The quantitative estimate of drug-likeness (QED) is 0.804. The average molecular weight is 311 g/mol. The molecule has 0 spiro atoms. The standard InChI is InChI=1S/C18H17NO4/c1-13-5-8-16(9-6-13)23-12-17(20)19-15-4-2-3-14(11-15)7-10-18(21)22/h2-11H,12H2,1H3,(H,19,20)(H,21,22). The molecular weight excluding hydrogens is 294 g/mol. The van der Waals surface area contributed by atoms with Crippen LogP contribution in [0.1, 0.15) is 11.1 Å². The van der Waals surface area contributed by atoms with Crippen molar-refractivity contribution >= 4 is 23.6 Å². The molecule has 0 aliphatic carbocycles. The maximum atomic E-state index is 11.9. The third-order valence-corrected chi connectivity index (χ3v) is 2.98. The number of aliphatic carboxylic acids is 1. The van der Waals surface area contributed by atoms with Gasteiger partial charge in [-0.1, -0.05) is 29.8 Å². The molecule has 5 nitrogen and oxygen atoms in total. The molecule has 2 rings (SSSR count). The van der Waals surface area contributed by atoms with Gasteiger partial charge in [-0.15, -0.1) is 0 Å². The van der Waals surface area contributed by atoms with Crippen LogP contribution in [0.15, 0.2) is 54.6 Å². The number of rotatable bonds is 6. The average Bonchev–Trinajstić information content (AvgIpc) is 2.53. The van der Waals surface area contributed by atoms with Crippen LogP contribution in [0.25, 0.3) is 6.08 Å². The van der Waals surface area contributed by atoms with E-state index in [2.05, 4.69) is 5.32 Å². The highest BCUT2D eigenvalue weighted by atomic mass is 16.5. The Morgan fingerprint density at radius 1 is 1.17 bits per heavy atom. The number of carbonyl (C=O) groups excluding carboxylic acids is 1. The SMILES string of the molecule is Cc1ccc(OCC(=O)Nc2cccc(C=CC(=O)O)c2)cc1. The topological polar surface area (TPSA) is 75.6 Å². The van der Waals surface area contributed by atoms with Crippen LogP contribution in [-0.4, -0.2) is 23.6 Å². The summed E-state index contributed by atoms with van der Waals surface area (Å²) in [5.74, 6) is -0.681. The van der Waals surface area contributed by atoms with Gasteiger partial charge in [0.15, 0.2) is 6.61 Å². The number of carbonyl (C=O) groups is 2. The summed E-state index contributed by atoms with van der Waals surface area (Å²) in [6.45, 7) is 1.88. The molecule has 0 heterocycles. The molecule has 0 unspecified atom stereocenters. The first-order valence-electron chi connectivity index (χ1n) is 7.03. The number of aryl methyl sites for hydroxylation is 1. The smallest absolute Gasteiger partial charge is 0.328 e. The maximum absolute atomic E-state index is 11.9. The lowest BCUT2D eigenvalue weighted by atomic mass is 10.2. The number of amides is 1. The zero-order chi connectivity index (χ0) is 16.7. The highest BCUT2D eigenvalue weighted by molar-refractivity contribution is 5.92. The summed E-state index contributed by atoms with van der Waals surface area (Å²) in [7, 11) is 0. The largest absolute Gasteiger partial charge is 0.484 e. The van der Waals surface area contributed by atoms with Gasteiger partial charge in [0.25, 0.3) is 5.91 Å². The first-order valence-corrected chi connectivity index (χ1v) is 7.03. The Labute approximate surface area is 134 Å². The molecule has 0 saturated heterocycles. The lowest BCUT2D eigenvalue weighted by Gasteiger charge is -2.08. The van der Waals surface area contributed by atoms with Crippen LogP contribution >= 0.6 is 0 Å². The highest BCUT2D eigenvalue weighted by Gasteiger charge is 2.04. The summed E-state index contributed by atoms with van der Waals surface area (Å²) >= 11 is 0. The van der Waals surface area contributed by atoms with E-state index < -0.39 is 5.97 Å². The van der Waals surface area contributed by atoms with Crippen LogP contribution < -0.4 is 10.1 Å². The van der Waals surface area contributed by atoms with Crippen LogP contribution in [0.3, 0.4) is 0 Å². The van der Waals surface area contributed by atoms with E-state index in [4.69, 9.17) is 9.84 Å². The van der Waals surface area contributed by atoms with Gasteiger partial charge >= 0.3 is 5.97 Å². The van der Waals surface area contributed by atoms with Crippen molar-refractivity contribution in [3.63, 3.8) is 0 Å². The zero-order valence-corrected chi connectivity index (χ0v) is 12.7. The van der Waals surface area contributed by atoms with Crippen LogP contribution in [0.4, 0.5) is 5.69 Å². The number of hydrogen-bond donors (Lipinski definition) is 2. The van der Waals surface area contributed by atoms with Crippen molar-refractivity contribution in [1.82, 2.24) is 0 Å². The normalized spacial score (nSPS) is 10.5. The molecule has 0 saturated carbocycles. The van der Waals surface area contributed by atoms with Crippen LogP contribution in [0.2, 0.25) is 0 Å². The molecule has 2 N–H and O–H groups in total. The van der Waals surface area contributed by atoms with Gasteiger partial charge in [-0.25, -0.2) is 4.79 Å². The molecule has 118 valence electrons. The summed E-state index contributed by atoms with van der Waals surface area (Å²) in [5, 5.41) is 11.3. The van der Waals surface area contributed by atoms with E-state index in [0.717, 1.165) is 11.6 Å². The number of carboxylic acid groups (broad SMARTS) is 1. The van der Waals surface area contributed by atoms with Gasteiger partial charge in [0.1, 0.15) is 5.75 Å². The van der Waals surface area contributed by atoms with Crippen molar-refractivity contribution in [3.05, 3.63) is 65.7 Å². The fourth-order valence-electron chi connectivity index (χ4n) is 1.87. The van der Waals surface area contributed by atoms with Crippen LogP contribution in [-0.2, 0) is 9.59 Å². The van der Waals surface area contributed by atoms with Crippen molar-refractivity contribution in [2.45, 2.75) is 6.92 Å². The third kappa shape index (κ3) is 5.67. The first kappa shape index (κ1) is 16.3. The van der Waals surface area contributed by atoms with E-state index in [0.29, 0.717) is 17.0 Å². The molecule has 1 amide bonds. The minimum atomic E-state index is -1.02. The summed E-state index contributed by atoms with van der Waals surface area (Å²) in [6.07, 6.45) is 2.50. The molecule has 0 fully saturated rings. The Hall–Kier alpha value is -3.08. The molecule has 2 aromatic rings. The molecule has 0 aliphatic heterocycles. The maximum Gasteiger partial charge on any atom is 0.328 e. The second-order valence-electron chi connectivity index (χ2n) is 4.95. The van der Waals surface area contributed by atoms with E-state index in [-0.39, 0.29) is 12.5 Å².